The molecule has 334 valence electrons. The number of aromatic nitrogens is 1. The number of benzene rings is 2. The van der Waals surface area contributed by atoms with E-state index in [9.17, 15) is 34.2 Å². The molecule has 2 bridgehead atoms. The number of carbonyl (C=O) groups excluding carboxylic acids is 5. The summed E-state index contributed by atoms with van der Waals surface area (Å²) in [5, 5.41) is 31.4. The normalized spacial score (nSPS) is 24.7. The summed E-state index contributed by atoms with van der Waals surface area (Å²) in [6, 6.07) is 13.8. The minimum absolute atomic E-state index is 0.0421. The van der Waals surface area contributed by atoms with Crippen molar-refractivity contribution >= 4 is 47.3 Å². The number of aryl methyl sites for hydroxylation is 1. The van der Waals surface area contributed by atoms with Crippen LogP contribution in [0.5, 0.6) is 0 Å². The lowest BCUT2D eigenvalue weighted by Crippen LogP contribution is -2.57. The first-order valence-electron chi connectivity index (χ1n) is 20.8. The highest BCUT2D eigenvalue weighted by atomic mass is 32.1. The second kappa shape index (κ2) is 21.6. The average molecular weight is 877 g/mol. The minimum Gasteiger partial charge on any atom is -0.449 e. The molecule has 1 aromatic heterocycles. The molecule has 5 amide bonds. The number of rotatable bonds is 18. The zero-order valence-electron chi connectivity index (χ0n) is 35.0. The molecular formula is C44H56N6O11S. The summed E-state index contributed by atoms with van der Waals surface area (Å²) in [5.74, 6) is -2.28. The van der Waals surface area contributed by atoms with Crippen molar-refractivity contribution in [1.29, 1.82) is 0 Å². The van der Waals surface area contributed by atoms with Crippen molar-refractivity contribution in [3.05, 3.63) is 93.4 Å². The van der Waals surface area contributed by atoms with E-state index in [0.29, 0.717) is 17.6 Å². The number of primary amides is 1. The number of thiazole rings is 1. The Labute approximate surface area is 364 Å². The van der Waals surface area contributed by atoms with E-state index in [1.165, 1.54) is 16.2 Å². The minimum atomic E-state index is -1.21. The second-order valence-corrected chi connectivity index (χ2v) is 17.1. The Morgan fingerprint density at radius 3 is 2.24 bits per heavy atom. The SMILES string of the molecule is C/C(=C\c1csc(C)n1)[C@H](O)CCOC(=O)N[C@H]1C[C@@H](C(=O)N[C@@H](Cc2ccccc2)C(=O)N[C@@H](Cc2ccccc2)C(N)=O)N(C(=O)OC[C@@H]2O[C@@H]3C[C@@H](O[C@@H]3CO)[C@H]2C)C1. The van der Waals surface area contributed by atoms with Gasteiger partial charge < -0.3 is 50.8 Å². The number of nitrogens with zero attached hydrogens (tertiary/aromatic N) is 2. The molecule has 3 fully saturated rings. The van der Waals surface area contributed by atoms with Crippen molar-refractivity contribution < 1.29 is 53.1 Å². The smallest absolute Gasteiger partial charge is 0.410 e. The third-order valence-electron chi connectivity index (χ3n) is 11.5. The van der Waals surface area contributed by atoms with E-state index >= 15 is 0 Å². The number of fused-ring (bicyclic) bond motifs is 2. The Balaban J connectivity index is 1.13. The molecule has 7 N–H and O–H groups in total. The standard InChI is InChI=1S/C44H56N6O11S/c1-25(16-31-24-62-27(3)46-31)35(52)14-15-58-43(56)47-30-19-34(50(21-30)44(57)59-23-39-26(2)36-20-37(61-39)38(22-51)60-36)42(55)49-33(18-29-12-8-5-9-13-29)41(54)48-32(40(45)53)17-28-10-6-4-7-11-28/h4-13,16,24,26,30,32-39,51-52H,14-15,17-23H2,1-3H3,(H2,45,53)(H,47,56)(H,48,54)(H,49,55)/b25-16+/t26-,30+,32+,33+,34+,35-,36-,37-,38-,39+/m1/s1. The summed E-state index contributed by atoms with van der Waals surface area (Å²) >= 11 is 1.49. The number of alkyl carbamates (subject to hydrolysis) is 1. The van der Waals surface area contributed by atoms with Gasteiger partial charge in [0.2, 0.25) is 17.7 Å². The number of nitrogens with one attached hydrogen (secondary N) is 3. The first kappa shape index (κ1) is 46.1. The molecule has 62 heavy (non-hydrogen) atoms. The van der Waals surface area contributed by atoms with Crippen LogP contribution in [0, 0.1) is 12.8 Å². The van der Waals surface area contributed by atoms with Crippen LogP contribution in [0.4, 0.5) is 9.59 Å². The number of hydrogen-bond donors (Lipinski definition) is 6. The van der Waals surface area contributed by atoms with Crippen LogP contribution in [0.2, 0.25) is 0 Å². The Morgan fingerprint density at radius 2 is 1.61 bits per heavy atom. The maximum Gasteiger partial charge on any atom is 0.410 e. The molecule has 0 unspecified atom stereocenters. The number of likely N-dealkylation sites (tertiary alicyclic amines) is 1. The molecule has 3 aliphatic heterocycles. The highest BCUT2D eigenvalue weighted by molar-refractivity contribution is 7.09. The monoisotopic (exact) mass is 876 g/mol. The third kappa shape index (κ3) is 12.4. The molecule has 10 atom stereocenters. The van der Waals surface area contributed by atoms with Gasteiger partial charge in [-0.1, -0.05) is 67.6 Å². The lowest BCUT2D eigenvalue weighted by atomic mass is 9.92. The molecule has 18 heteroatoms. The van der Waals surface area contributed by atoms with Crippen LogP contribution in [-0.4, -0.2) is 131 Å². The molecule has 6 rings (SSSR count). The number of amides is 5. The summed E-state index contributed by atoms with van der Waals surface area (Å²) in [6.45, 7) is 4.94. The fourth-order valence-corrected chi connectivity index (χ4v) is 8.51. The van der Waals surface area contributed by atoms with Gasteiger partial charge in [0.25, 0.3) is 0 Å². The summed E-state index contributed by atoms with van der Waals surface area (Å²) in [5.41, 5.74) is 8.58. The van der Waals surface area contributed by atoms with E-state index in [-0.39, 0.29) is 70.2 Å². The van der Waals surface area contributed by atoms with Gasteiger partial charge in [-0.05, 0) is 43.0 Å². The van der Waals surface area contributed by atoms with E-state index < -0.39 is 72.4 Å². The van der Waals surface area contributed by atoms with E-state index in [0.717, 1.165) is 16.3 Å². The maximum absolute atomic E-state index is 14.3. The molecule has 0 saturated carbocycles. The topological polar surface area (TPSA) is 241 Å². The van der Waals surface area contributed by atoms with Crippen molar-refractivity contribution in [2.24, 2.45) is 11.7 Å². The molecule has 0 aliphatic carbocycles. The van der Waals surface area contributed by atoms with Crippen molar-refractivity contribution in [2.45, 2.75) is 108 Å². The zero-order valence-corrected chi connectivity index (χ0v) is 35.8. The molecule has 0 spiro atoms. The zero-order chi connectivity index (χ0) is 44.3. The average Bonchev–Trinajstić information content (AvgIpc) is 3.98. The molecule has 3 saturated heterocycles. The lowest BCUT2D eigenvalue weighted by molar-refractivity contribution is -0.132. The van der Waals surface area contributed by atoms with Gasteiger partial charge in [0, 0.05) is 43.5 Å². The van der Waals surface area contributed by atoms with Crippen LogP contribution < -0.4 is 21.7 Å². The molecule has 0 radical (unpaired) electrons. The fraction of sp³-hybridized carbons (Fsp3) is 0.500. The van der Waals surface area contributed by atoms with Gasteiger partial charge in [-0.25, -0.2) is 14.6 Å². The Bertz CT molecular complexity index is 2040. The van der Waals surface area contributed by atoms with Gasteiger partial charge in [-0.3, -0.25) is 19.3 Å². The first-order valence-corrected chi connectivity index (χ1v) is 21.7. The molecule has 2 aromatic carbocycles. The van der Waals surface area contributed by atoms with E-state index in [4.69, 9.17) is 24.7 Å². The lowest BCUT2D eigenvalue weighted by Gasteiger charge is -2.33. The van der Waals surface area contributed by atoms with E-state index in [1.807, 2.05) is 31.4 Å². The van der Waals surface area contributed by atoms with Gasteiger partial charge in [0.1, 0.15) is 30.8 Å². The van der Waals surface area contributed by atoms with Crippen LogP contribution in [0.15, 0.2) is 71.6 Å². The van der Waals surface area contributed by atoms with Crippen LogP contribution in [-0.2, 0) is 46.2 Å². The van der Waals surface area contributed by atoms with Crippen LogP contribution in [0.25, 0.3) is 6.08 Å². The van der Waals surface area contributed by atoms with Gasteiger partial charge in [0.05, 0.1) is 54.4 Å². The predicted molar refractivity (Wildman–Crippen MR) is 227 cm³/mol. The molecule has 3 aromatic rings. The summed E-state index contributed by atoms with van der Waals surface area (Å²) in [4.78, 5) is 73.2. The van der Waals surface area contributed by atoms with E-state index in [1.54, 1.807) is 61.5 Å². The molecule has 17 nitrogen and oxygen atoms in total. The number of aliphatic hydroxyl groups is 2. The van der Waals surface area contributed by atoms with Crippen molar-refractivity contribution in [1.82, 2.24) is 25.8 Å². The Kier molecular flexibility index (Phi) is 16.1. The van der Waals surface area contributed by atoms with Crippen LogP contribution in [0.1, 0.15) is 54.9 Å². The number of aliphatic hydroxyl groups excluding tert-OH is 2. The summed E-state index contributed by atoms with van der Waals surface area (Å²) < 4.78 is 23.2. The van der Waals surface area contributed by atoms with Gasteiger partial charge in [0.15, 0.2) is 0 Å². The predicted octanol–water partition coefficient (Wildman–Crippen LogP) is 2.41. The van der Waals surface area contributed by atoms with Crippen LogP contribution >= 0.6 is 11.3 Å². The van der Waals surface area contributed by atoms with Crippen LogP contribution in [0.3, 0.4) is 0 Å². The first-order chi connectivity index (χ1) is 29.8. The fourth-order valence-electron chi connectivity index (χ4n) is 7.94. The molecular weight excluding hydrogens is 821 g/mol. The van der Waals surface area contributed by atoms with Crippen molar-refractivity contribution in [2.75, 3.05) is 26.4 Å². The summed E-state index contributed by atoms with van der Waals surface area (Å²) in [6.07, 6.45) is -1.50. The molecule has 3 aliphatic rings. The number of carbonyl (C=O) groups is 5. The molecule has 4 heterocycles. The van der Waals surface area contributed by atoms with E-state index in [2.05, 4.69) is 20.9 Å². The highest BCUT2D eigenvalue weighted by Gasteiger charge is 2.48. The van der Waals surface area contributed by atoms with Crippen molar-refractivity contribution in [3.63, 3.8) is 0 Å². The third-order valence-corrected chi connectivity index (χ3v) is 12.3. The quantitative estimate of drug-likeness (QED) is 0.108. The van der Waals surface area contributed by atoms with Gasteiger partial charge >= 0.3 is 12.2 Å². The Morgan fingerprint density at radius 1 is 0.952 bits per heavy atom. The second-order valence-electron chi connectivity index (χ2n) is 16.0. The summed E-state index contributed by atoms with van der Waals surface area (Å²) in [7, 11) is 0. The highest BCUT2D eigenvalue weighted by Crippen LogP contribution is 2.37. The maximum atomic E-state index is 14.3. The Hall–Kier alpha value is -5.40. The number of ether oxygens (including phenoxy) is 4. The number of hydrogen-bond acceptors (Lipinski definition) is 13. The largest absolute Gasteiger partial charge is 0.449 e. The van der Waals surface area contributed by atoms with Crippen molar-refractivity contribution in [3.8, 4) is 0 Å². The number of nitrogens with two attached hydrogens (primary N) is 1. The van der Waals surface area contributed by atoms with Gasteiger partial charge in [-0.2, -0.15) is 0 Å². The van der Waals surface area contributed by atoms with Gasteiger partial charge in [-0.15, -0.1) is 11.3 Å².